The van der Waals surface area contributed by atoms with E-state index in [1.807, 2.05) is 31.2 Å². The Kier molecular flexibility index (Phi) is 5.57. The molecule has 0 saturated heterocycles. The minimum atomic E-state index is -0.284. The van der Waals surface area contributed by atoms with Gasteiger partial charge in [-0.2, -0.15) is 4.80 Å². The van der Waals surface area contributed by atoms with Crippen molar-refractivity contribution < 1.29 is 9.18 Å². The van der Waals surface area contributed by atoms with Crippen LogP contribution < -0.4 is 5.32 Å². The van der Waals surface area contributed by atoms with Gasteiger partial charge in [0.1, 0.15) is 17.4 Å². The summed E-state index contributed by atoms with van der Waals surface area (Å²) in [7, 11) is 0. The van der Waals surface area contributed by atoms with Crippen LogP contribution in [0, 0.1) is 19.7 Å². The van der Waals surface area contributed by atoms with Gasteiger partial charge in [-0.15, -0.1) is 20.4 Å². The lowest BCUT2D eigenvalue weighted by molar-refractivity contribution is 0.0950. The average Bonchev–Trinajstić information content (AvgIpc) is 3.40. The van der Waals surface area contributed by atoms with Gasteiger partial charge in [-0.3, -0.25) is 4.79 Å². The van der Waals surface area contributed by atoms with E-state index in [9.17, 15) is 9.18 Å². The Bertz CT molecular complexity index is 1190. The zero-order valence-corrected chi connectivity index (χ0v) is 17.1. The Morgan fingerprint density at radius 1 is 1.10 bits per heavy atom. The monoisotopic (exact) mass is 423 g/mol. The number of rotatable bonds is 6. The number of benzene rings is 2. The average molecular weight is 423 g/mol. The molecule has 2 heterocycles. The number of halogens is 1. The molecule has 0 fully saturated rings. The molecule has 0 aliphatic rings. The van der Waals surface area contributed by atoms with Crippen molar-refractivity contribution in [3.05, 3.63) is 75.0 Å². The van der Waals surface area contributed by atoms with Gasteiger partial charge in [0.15, 0.2) is 0 Å². The molecule has 0 radical (unpaired) electrons. The molecule has 0 aliphatic carbocycles. The molecule has 4 rings (SSSR count). The van der Waals surface area contributed by atoms with Crippen molar-refractivity contribution in [2.45, 2.75) is 26.9 Å². The molecule has 152 valence electrons. The largest absolute Gasteiger partial charge is 0.346 e. The predicted octanol–water partition coefficient (Wildman–Crippen LogP) is 2.93. The van der Waals surface area contributed by atoms with Crippen LogP contribution in [0.15, 0.2) is 42.5 Å². The summed E-state index contributed by atoms with van der Waals surface area (Å²) in [5.41, 5.74) is 3.36. The van der Waals surface area contributed by atoms with Gasteiger partial charge in [-0.05, 0) is 48.4 Å². The number of nitrogens with zero attached hydrogens (tertiary/aromatic N) is 6. The summed E-state index contributed by atoms with van der Waals surface area (Å²) < 4.78 is 13.4. The van der Waals surface area contributed by atoms with Crippen LogP contribution in [0.25, 0.3) is 11.4 Å². The van der Waals surface area contributed by atoms with E-state index < -0.39 is 0 Å². The second-order valence-electron chi connectivity index (χ2n) is 6.78. The molecule has 0 aliphatic heterocycles. The Morgan fingerprint density at radius 3 is 2.67 bits per heavy atom. The summed E-state index contributed by atoms with van der Waals surface area (Å²) in [4.78, 5) is 13.7. The molecule has 1 N–H and O–H groups in total. The number of hydrogen-bond acceptors (Lipinski definition) is 7. The van der Waals surface area contributed by atoms with E-state index >= 15 is 0 Å². The molecule has 4 aromatic rings. The first-order valence-corrected chi connectivity index (χ1v) is 10.00. The van der Waals surface area contributed by atoms with Crippen LogP contribution in [-0.2, 0) is 13.1 Å². The number of aromatic nitrogens is 6. The molecule has 0 spiro atoms. The zero-order valence-electron chi connectivity index (χ0n) is 16.3. The molecule has 0 atom stereocenters. The fourth-order valence-electron chi connectivity index (χ4n) is 2.70. The summed E-state index contributed by atoms with van der Waals surface area (Å²) in [5.74, 6) is -0.180. The summed E-state index contributed by atoms with van der Waals surface area (Å²) in [6.07, 6.45) is 0. The van der Waals surface area contributed by atoms with Gasteiger partial charge in [-0.1, -0.05) is 41.2 Å². The second kappa shape index (κ2) is 8.46. The Morgan fingerprint density at radius 2 is 1.90 bits per heavy atom. The highest BCUT2D eigenvalue weighted by Gasteiger charge is 2.14. The van der Waals surface area contributed by atoms with Crippen molar-refractivity contribution >= 4 is 17.2 Å². The fourth-order valence-corrected chi connectivity index (χ4v) is 3.44. The predicted molar refractivity (Wildman–Crippen MR) is 109 cm³/mol. The van der Waals surface area contributed by atoms with Gasteiger partial charge >= 0.3 is 0 Å². The van der Waals surface area contributed by atoms with E-state index in [-0.39, 0.29) is 23.3 Å². The maximum Gasteiger partial charge on any atom is 0.282 e. The summed E-state index contributed by atoms with van der Waals surface area (Å²) >= 11 is 1.17. The van der Waals surface area contributed by atoms with Gasteiger partial charge in [0.2, 0.25) is 10.8 Å². The lowest BCUT2D eigenvalue weighted by Crippen LogP contribution is -2.22. The van der Waals surface area contributed by atoms with Crippen LogP contribution in [0.1, 0.15) is 31.5 Å². The third-order valence-corrected chi connectivity index (χ3v) is 5.29. The van der Waals surface area contributed by atoms with Gasteiger partial charge in [0.25, 0.3) is 5.91 Å². The third-order valence-electron chi connectivity index (χ3n) is 4.38. The minimum Gasteiger partial charge on any atom is -0.346 e. The Balaban J connectivity index is 1.38. The van der Waals surface area contributed by atoms with E-state index in [2.05, 4.69) is 30.9 Å². The first-order chi connectivity index (χ1) is 14.5. The highest BCUT2D eigenvalue weighted by Crippen LogP contribution is 2.18. The lowest BCUT2D eigenvalue weighted by atomic mass is 10.1. The highest BCUT2D eigenvalue weighted by molar-refractivity contribution is 7.13. The first-order valence-electron chi connectivity index (χ1n) is 9.18. The van der Waals surface area contributed by atoms with E-state index in [1.165, 1.54) is 27.8 Å². The van der Waals surface area contributed by atoms with Gasteiger partial charge in [-0.25, -0.2) is 4.39 Å². The molecule has 2 aromatic heterocycles. The van der Waals surface area contributed by atoms with Crippen molar-refractivity contribution in [2.24, 2.45) is 0 Å². The van der Waals surface area contributed by atoms with E-state index in [1.54, 1.807) is 19.1 Å². The standard InChI is InChI=1S/C20H18FN7OS/c1-12-3-5-14(6-4-12)10-22-19(29)20-25-23-17(30-20)11-28-26-18(24-27-28)15-7-8-16(21)13(2)9-15/h3-9H,10-11H2,1-2H3,(H,22,29). The van der Waals surface area contributed by atoms with Crippen LogP contribution in [0.2, 0.25) is 0 Å². The van der Waals surface area contributed by atoms with Gasteiger partial charge < -0.3 is 5.32 Å². The quantitative estimate of drug-likeness (QED) is 0.512. The summed E-state index contributed by atoms with van der Waals surface area (Å²) in [6, 6.07) is 12.6. The Labute approximate surface area is 175 Å². The lowest BCUT2D eigenvalue weighted by Gasteiger charge is -2.03. The van der Waals surface area contributed by atoms with Gasteiger partial charge in [0.05, 0.1) is 0 Å². The zero-order chi connectivity index (χ0) is 21.1. The van der Waals surface area contributed by atoms with Crippen molar-refractivity contribution in [2.75, 3.05) is 0 Å². The number of nitrogens with one attached hydrogen (secondary N) is 1. The van der Waals surface area contributed by atoms with Crippen molar-refractivity contribution in [1.82, 2.24) is 35.7 Å². The van der Waals surface area contributed by atoms with Crippen molar-refractivity contribution in [1.29, 1.82) is 0 Å². The van der Waals surface area contributed by atoms with E-state index in [4.69, 9.17) is 0 Å². The normalized spacial score (nSPS) is 10.9. The van der Waals surface area contributed by atoms with Crippen molar-refractivity contribution in [3.8, 4) is 11.4 Å². The third kappa shape index (κ3) is 4.54. The maximum absolute atomic E-state index is 13.4. The first kappa shape index (κ1) is 19.8. The SMILES string of the molecule is Cc1ccc(CNC(=O)c2nnc(Cn3nnc(-c4ccc(F)c(C)c4)n3)s2)cc1. The molecule has 1 amide bonds. The molecule has 0 unspecified atom stereocenters. The van der Waals surface area contributed by atoms with Gasteiger partial charge in [0, 0.05) is 12.1 Å². The molecule has 30 heavy (non-hydrogen) atoms. The smallest absolute Gasteiger partial charge is 0.282 e. The highest BCUT2D eigenvalue weighted by atomic mass is 32.1. The molecule has 8 nitrogen and oxygen atoms in total. The second-order valence-corrected chi connectivity index (χ2v) is 7.84. The van der Waals surface area contributed by atoms with Crippen molar-refractivity contribution in [3.63, 3.8) is 0 Å². The minimum absolute atomic E-state index is 0.232. The number of tetrazole rings is 1. The van der Waals surface area contributed by atoms with Crippen LogP contribution in [-0.4, -0.2) is 36.3 Å². The maximum atomic E-state index is 13.4. The number of carbonyl (C=O) groups excluding carboxylic acids is 1. The number of hydrogen-bond donors (Lipinski definition) is 1. The van der Waals surface area contributed by atoms with Crippen LogP contribution >= 0.6 is 11.3 Å². The van der Waals surface area contributed by atoms with Crippen LogP contribution in [0.5, 0.6) is 0 Å². The van der Waals surface area contributed by atoms with Crippen LogP contribution in [0.4, 0.5) is 4.39 Å². The Hall–Kier alpha value is -3.53. The van der Waals surface area contributed by atoms with E-state index in [0.29, 0.717) is 28.5 Å². The molecule has 10 heteroatoms. The molecular weight excluding hydrogens is 405 g/mol. The molecular formula is C20H18FN7OS. The van der Waals surface area contributed by atoms with E-state index in [0.717, 1.165) is 5.56 Å². The summed E-state index contributed by atoms with van der Waals surface area (Å²) in [5, 5.41) is 24.0. The molecule has 0 saturated carbocycles. The van der Waals surface area contributed by atoms with Crippen LogP contribution in [0.3, 0.4) is 0 Å². The number of aryl methyl sites for hydroxylation is 2. The topological polar surface area (TPSA) is 98.5 Å². The molecule has 0 bridgehead atoms. The number of carbonyl (C=O) groups is 1. The number of amides is 1. The molecule has 2 aromatic carbocycles. The summed E-state index contributed by atoms with van der Waals surface area (Å²) in [6.45, 7) is 4.34. The fraction of sp³-hybridized carbons (Fsp3) is 0.200.